The van der Waals surface area contributed by atoms with Crippen LogP contribution in [0.3, 0.4) is 0 Å². The normalized spacial score (nSPS) is 10.6. The molecule has 0 aliphatic rings. The molecule has 0 saturated carbocycles. The molecule has 0 saturated heterocycles. The van der Waals surface area contributed by atoms with Crippen LogP contribution in [0.2, 0.25) is 0 Å². The number of Topliss-reactive ketones (excluding diaryl/α,β-unsaturated/α-hetero) is 1. The number of carbonyl (C=O) groups is 2. The number of benzene rings is 2. The first-order chi connectivity index (χ1) is 10.5. The summed E-state index contributed by atoms with van der Waals surface area (Å²) in [6.07, 6.45) is 0. The van der Waals surface area contributed by atoms with E-state index in [-0.39, 0.29) is 11.5 Å². The largest absolute Gasteiger partial charge is 0.449 e. The molecule has 110 valence electrons. The summed E-state index contributed by atoms with van der Waals surface area (Å²) >= 11 is 3.29. The van der Waals surface area contributed by atoms with E-state index < -0.39 is 5.97 Å². The molecule has 0 radical (unpaired) electrons. The highest BCUT2D eigenvalue weighted by Crippen LogP contribution is 2.28. The van der Waals surface area contributed by atoms with Crippen molar-refractivity contribution in [2.45, 2.75) is 6.92 Å². The lowest BCUT2D eigenvalue weighted by molar-refractivity contribution is 0.0702. The molecular weight excluding hydrogens is 348 g/mol. The van der Waals surface area contributed by atoms with E-state index in [2.05, 4.69) is 15.9 Å². The number of carbonyl (C=O) groups excluding carboxylic acids is 2. The van der Waals surface area contributed by atoms with E-state index in [1.54, 1.807) is 30.3 Å². The smallest absolute Gasteiger partial charge is 0.379 e. The van der Waals surface area contributed by atoms with Gasteiger partial charge in [-0.15, -0.1) is 0 Å². The van der Waals surface area contributed by atoms with Crippen LogP contribution in [0.25, 0.3) is 11.0 Å². The molecule has 0 fully saturated rings. The van der Waals surface area contributed by atoms with Crippen LogP contribution in [0.4, 0.5) is 0 Å². The maximum atomic E-state index is 12.2. The molecule has 22 heavy (non-hydrogen) atoms. The Kier molecular flexibility index (Phi) is 3.81. The van der Waals surface area contributed by atoms with E-state index in [0.29, 0.717) is 21.4 Å². The second-order valence-corrected chi connectivity index (χ2v) is 5.59. The van der Waals surface area contributed by atoms with Gasteiger partial charge in [-0.05, 0) is 53.2 Å². The highest BCUT2D eigenvalue weighted by atomic mass is 79.9. The number of esters is 1. The van der Waals surface area contributed by atoms with E-state index >= 15 is 0 Å². The van der Waals surface area contributed by atoms with Crippen molar-refractivity contribution in [1.82, 2.24) is 0 Å². The second kappa shape index (κ2) is 5.77. The van der Waals surface area contributed by atoms with E-state index in [9.17, 15) is 9.59 Å². The zero-order valence-corrected chi connectivity index (χ0v) is 13.2. The summed E-state index contributed by atoms with van der Waals surface area (Å²) in [7, 11) is 0. The highest BCUT2D eigenvalue weighted by molar-refractivity contribution is 9.10. The summed E-state index contributed by atoms with van der Waals surface area (Å²) in [5.41, 5.74) is 1.16. The number of halogens is 1. The molecule has 1 heterocycles. The van der Waals surface area contributed by atoms with E-state index in [1.807, 2.05) is 18.2 Å². The van der Waals surface area contributed by atoms with Gasteiger partial charge in [0.15, 0.2) is 5.78 Å². The molecule has 0 N–H and O–H groups in total. The van der Waals surface area contributed by atoms with Crippen LogP contribution in [0.15, 0.2) is 57.4 Å². The first-order valence-electron chi connectivity index (χ1n) is 6.56. The Morgan fingerprint density at radius 2 is 1.86 bits per heavy atom. The Morgan fingerprint density at radius 1 is 1.09 bits per heavy atom. The van der Waals surface area contributed by atoms with Crippen molar-refractivity contribution < 1.29 is 18.7 Å². The van der Waals surface area contributed by atoms with Crippen LogP contribution in [-0.2, 0) is 0 Å². The number of rotatable bonds is 3. The van der Waals surface area contributed by atoms with Crippen molar-refractivity contribution in [3.05, 3.63) is 64.3 Å². The SMILES string of the molecule is CC(=O)c1ccc(OC(=O)c2cc3ccccc3o2)c(Br)c1. The minimum atomic E-state index is -0.590. The molecule has 1 aromatic heterocycles. The average molecular weight is 359 g/mol. The molecule has 0 spiro atoms. The Hall–Kier alpha value is -2.40. The van der Waals surface area contributed by atoms with Gasteiger partial charge in [-0.1, -0.05) is 18.2 Å². The number of furan rings is 1. The third kappa shape index (κ3) is 2.80. The molecule has 2 aromatic carbocycles. The molecular formula is C17H11BrO4. The van der Waals surface area contributed by atoms with Gasteiger partial charge in [0, 0.05) is 10.9 Å². The van der Waals surface area contributed by atoms with Gasteiger partial charge >= 0.3 is 5.97 Å². The van der Waals surface area contributed by atoms with Crippen molar-refractivity contribution in [1.29, 1.82) is 0 Å². The first kappa shape index (κ1) is 14.5. The molecule has 0 atom stereocenters. The van der Waals surface area contributed by atoms with Gasteiger partial charge in [0.1, 0.15) is 11.3 Å². The standard InChI is InChI=1S/C17H11BrO4/c1-10(19)11-6-7-15(13(18)8-11)22-17(20)16-9-12-4-2-3-5-14(12)21-16/h2-9H,1H3. The number of para-hydroxylation sites is 1. The number of ketones is 1. The highest BCUT2D eigenvalue weighted by Gasteiger charge is 2.16. The van der Waals surface area contributed by atoms with Gasteiger partial charge in [-0.2, -0.15) is 0 Å². The van der Waals surface area contributed by atoms with Crippen LogP contribution in [0.5, 0.6) is 5.75 Å². The Balaban J connectivity index is 1.86. The van der Waals surface area contributed by atoms with Crippen LogP contribution in [-0.4, -0.2) is 11.8 Å². The van der Waals surface area contributed by atoms with Crippen molar-refractivity contribution in [3.63, 3.8) is 0 Å². The fourth-order valence-corrected chi connectivity index (χ4v) is 2.49. The first-order valence-corrected chi connectivity index (χ1v) is 7.35. The second-order valence-electron chi connectivity index (χ2n) is 4.74. The summed E-state index contributed by atoms with van der Waals surface area (Å²) in [4.78, 5) is 23.5. The number of fused-ring (bicyclic) bond motifs is 1. The molecule has 3 aromatic rings. The lowest BCUT2D eigenvalue weighted by Crippen LogP contribution is -2.08. The summed E-state index contributed by atoms with van der Waals surface area (Å²) in [5.74, 6) is -0.192. The summed E-state index contributed by atoms with van der Waals surface area (Å²) < 4.78 is 11.3. The lowest BCUT2D eigenvalue weighted by Gasteiger charge is -2.05. The number of hydrogen-bond donors (Lipinski definition) is 0. The number of hydrogen-bond acceptors (Lipinski definition) is 4. The third-order valence-electron chi connectivity index (χ3n) is 3.17. The summed E-state index contributed by atoms with van der Waals surface area (Å²) in [6.45, 7) is 1.47. The topological polar surface area (TPSA) is 56.5 Å². The van der Waals surface area contributed by atoms with Crippen molar-refractivity contribution in [2.24, 2.45) is 0 Å². The Labute approximate surface area is 134 Å². The number of ether oxygens (including phenoxy) is 1. The quantitative estimate of drug-likeness (QED) is 0.389. The van der Waals surface area contributed by atoms with Crippen LogP contribution >= 0.6 is 15.9 Å². The van der Waals surface area contributed by atoms with Gasteiger partial charge < -0.3 is 9.15 Å². The zero-order valence-electron chi connectivity index (χ0n) is 11.6. The monoisotopic (exact) mass is 358 g/mol. The van der Waals surface area contributed by atoms with Crippen molar-refractivity contribution >= 4 is 38.7 Å². The van der Waals surface area contributed by atoms with E-state index in [4.69, 9.17) is 9.15 Å². The van der Waals surface area contributed by atoms with Crippen LogP contribution < -0.4 is 4.74 Å². The summed E-state index contributed by atoms with van der Waals surface area (Å²) in [5, 5.41) is 0.834. The van der Waals surface area contributed by atoms with Gasteiger partial charge in [0.2, 0.25) is 5.76 Å². The third-order valence-corrected chi connectivity index (χ3v) is 3.79. The molecule has 0 bridgehead atoms. The molecule has 0 aliphatic heterocycles. The Bertz CT molecular complexity index is 846. The molecule has 0 unspecified atom stereocenters. The zero-order chi connectivity index (χ0) is 15.7. The minimum absolute atomic E-state index is 0.0594. The lowest BCUT2D eigenvalue weighted by atomic mass is 10.1. The van der Waals surface area contributed by atoms with E-state index in [1.165, 1.54) is 6.92 Å². The van der Waals surface area contributed by atoms with Gasteiger partial charge in [0.25, 0.3) is 0 Å². The average Bonchev–Trinajstić information content (AvgIpc) is 2.93. The molecule has 4 nitrogen and oxygen atoms in total. The van der Waals surface area contributed by atoms with Gasteiger partial charge in [-0.3, -0.25) is 4.79 Å². The maximum absolute atomic E-state index is 12.2. The minimum Gasteiger partial charge on any atom is -0.449 e. The van der Waals surface area contributed by atoms with Gasteiger partial charge in [-0.25, -0.2) is 4.79 Å². The molecule has 0 aliphatic carbocycles. The van der Waals surface area contributed by atoms with Crippen LogP contribution in [0.1, 0.15) is 27.8 Å². The molecule has 0 amide bonds. The Morgan fingerprint density at radius 3 is 2.55 bits per heavy atom. The maximum Gasteiger partial charge on any atom is 0.379 e. The van der Waals surface area contributed by atoms with Crippen molar-refractivity contribution in [2.75, 3.05) is 0 Å². The predicted octanol–water partition coefficient (Wildman–Crippen LogP) is 4.62. The van der Waals surface area contributed by atoms with Crippen LogP contribution in [0, 0.1) is 0 Å². The summed E-state index contributed by atoms with van der Waals surface area (Å²) in [6, 6.07) is 13.8. The van der Waals surface area contributed by atoms with Crippen molar-refractivity contribution in [3.8, 4) is 5.75 Å². The van der Waals surface area contributed by atoms with Gasteiger partial charge in [0.05, 0.1) is 4.47 Å². The predicted molar refractivity (Wildman–Crippen MR) is 85.3 cm³/mol. The fourth-order valence-electron chi connectivity index (χ4n) is 2.04. The van der Waals surface area contributed by atoms with E-state index in [0.717, 1.165) is 5.39 Å². The molecule has 3 rings (SSSR count). The fraction of sp³-hybridized carbons (Fsp3) is 0.0588. The molecule has 5 heteroatoms.